The lowest BCUT2D eigenvalue weighted by Crippen LogP contribution is -1.97. The van der Waals surface area contributed by atoms with Crippen molar-refractivity contribution in [1.82, 2.24) is 10.1 Å². The van der Waals surface area contributed by atoms with Crippen LogP contribution < -0.4 is 5.73 Å². The Bertz CT molecular complexity index is 529. The Kier molecular flexibility index (Phi) is 2.60. The number of nitrogens with zero attached hydrogens (tertiary/aromatic N) is 2. The van der Waals surface area contributed by atoms with E-state index in [1.165, 1.54) is 11.3 Å². The van der Waals surface area contributed by atoms with Crippen LogP contribution in [-0.4, -0.2) is 16.7 Å². The van der Waals surface area contributed by atoms with E-state index in [-0.39, 0.29) is 6.10 Å². The van der Waals surface area contributed by atoms with Crippen LogP contribution in [0.5, 0.6) is 0 Å². The van der Waals surface area contributed by atoms with Crippen molar-refractivity contribution >= 4 is 16.3 Å². The Labute approximate surface area is 103 Å². The highest BCUT2D eigenvalue weighted by molar-refractivity contribution is 7.19. The van der Waals surface area contributed by atoms with Gasteiger partial charge in [0.15, 0.2) is 0 Å². The molecule has 6 heteroatoms. The van der Waals surface area contributed by atoms with Crippen molar-refractivity contribution < 1.29 is 9.26 Å². The predicted octanol–water partition coefficient (Wildman–Crippen LogP) is 2.54. The third-order valence-corrected chi connectivity index (χ3v) is 3.84. The molecular formula is C11H13N3O2S. The second-order valence-corrected chi connectivity index (χ2v) is 5.20. The molecule has 2 N–H and O–H groups in total. The number of aromatic nitrogens is 2. The number of aryl methyl sites for hydroxylation is 1. The molecule has 1 unspecified atom stereocenters. The Balaban J connectivity index is 1.91. The van der Waals surface area contributed by atoms with Crippen LogP contribution in [0.1, 0.15) is 30.3 Å². The van der Waals surface area contributed by atoms with Gasteiger partial charge in [-0.25, -0.2) is 0 Å². The van der Waals surface area contributed by atoms with Crippen LogP contribution in [0.3, 0.4) is 0 Å². The number of nitrogen functional groups attached to an aromatic ring is 1. The van der Waals surface area contributed by atoms with Gasteiger partial charge in [0, 0.05) is 6.61 Å². The van der Waals surface area contributed by atoms with E-state index in [9.17, 15) is 0 Å². The van der Waals surface area contributed by atoms with E-state index >= 15 is 0 Å². The number of hydrogen-bond acceptors (Lipinski definition) is 6. The molecule has 0 aromatic carbocycles. The van der Waals surface area contributed by atoms with E-state index in [4.69, 9.17) is 15.0 Å². The smallest absolute Gasteiger partial charge is 0.268 e. The quantitative estimate of drug-likeness (QED) is 0.887. The summed E-state index contributed by atoms with van der Waals surface area (Å²) < 4.78 is 10.8. The van der Waals surface area contributed by atoms with Gasteiger partial charge >= 0.3 is 0 Å². The van der Waals surface area contributed by atoms with Crippen molar-refractivity contribution in [3.05, 3.63) is 17.5 Å². The van der Waals surface area contributed by atoms with Gasteiger partial charge in [-0.2, -0.15) is 4.98 Å². The van der Waals surface area contributed by atoms with E-state index in [1.54, 1.807) is 0 Å². The van der Waals surface area contributed by atoms with Crippen LogP contribution in [0.25, 0.3) is 10.8 Å². The lowest BCUT2D eigenvalue weighted by Gasteiger charge is -2.00. The van der Waals surface area contributed by atoms with Gasteiger partial charge in [0.25, 0.3) is 5.89 Å². The van der Waals surface area contributed by atoms with Crippen LogP contribution in [0.15, 0.2) is 10.6 Å². The zero-order chi connectivity index (χ0) is 11.8. The minimum atomic E-state index is -0.00915. The fraction of sp³-hybridized carbons (Fsp3) is 0.455. The molecular weight excluding hydrogens is 238 g/mol. The molecule has 2 aromatic heterocycles. The molecule has 0 bridgehead atoms. The standard InChI is InChI=1S/C11H13N3O2S/c1-6-5-8(12)17-9(6)11-13-10(14-16-11)7-3-2-4-15-7/h5,7H,2-4,12H2,1H3. The summed E-state index contributed by atoms with van der Waals surface area (Å²) >= 11 is 1.46. The van der Waals surface area contributed by atoms with Crippen LogP contribution >= 0.6 is 11.3 Å². The van der Waals surface area contributed by atoms with E-state index in [0.29, 0.717) is 11.7 Å². The van der Waals surface area contributed by atoms with Gasteiger partial charge in [-0.1, -0.05) is 5.16 Å². The third-order valence-electron chi connectivity index (χ3n) is 2.79. The van der Waals surface area contributed by atoms with E-state index < -0.39 is 0 Å². The van der Waals surface area contributed by atoms with Crippen LogP contribution in [-0.2, 0) is 4.74 Å². The third kappa shape index (κ3) is 1.94. The molecule has 0 aliphatic carbocycles. The predicted molar refractivity (Wildman–Crippen MR) is 64.7 cm³/mol. The Morgan fingerprint density at radius 3 is 3.06 bits per heavy atom. The zero-order valence-corrected chi connectivity index (χ0v) is 10.3. The van der Waals surface area contributed by atoms with Gasteiger partial charge in [-0.15, -0.1) is 11.3 Å². The SMILES string of the molecule is Cc1cc(N)sc1-c1nc(C2CCCO2)no1. The van der Waals surface area contributed by atoms with Gasteiger partial charge in [0.2, 0.25) is 5.82 Å². The Morgan fingerprint density at radius 1 is 1.53 bits per heavy atom. The highest BCUT2D eigenvalue weighted by Crippen LogP contribution is 2.34. The molecule has 1 fully saturated rings. The second-order valence-electron chi connectivity index (χ2n) is 4.12. The zero-order valence-electron chi connectivity index (χ0n) is 9.47. The molecule has 3 rings (SSSR count). The fourth-order valence-electron chi connectivity index (χ4n) is 1.96. The summed E-state index contributed by atoms with van der Waals surface area (Å²) in [5.74, 6) is 1.18. The number of hydrogen-bond donors (Lipinski definition) is 1. The topological polar surface area (TPSA) is 74.2 Å². The molecule has 0 amide bonds. The molecule has 90 valence electrons. The first kappa shape index (κ1) is 10.7. The molecule has 5 nitrogen and oxygen atoms in total. The van der Waals surface area contributed by atoms with Crippen molar-refractivity contribution in [2.75, 3.05) is 12.3 Å². The normalized spacial score (nSPS) is 19.9. The average Bonchev–Trinajstić information content (AvgIpc) is 2.97. The van der Waals surface area contributed by atoms with Gasteiger partial charge < -0.3 is 15.0 Å². The van der Waals surface area contributed by atoms with Crippen LogP contribution in [0, 0.1) is 6.92 Å². The highest BCUT2D eigenvalue weighted by Gasteiger charge is 2.24. The number of thiophene rings is 1. The first-order valence-corrected chi connectivity index (χ1v) is 6.37. The maximum absolute atomic E-state index is 5.75. The summed E-state index contributed by atoms with van der Waals surface area (Å²) in [5.41, 5.74) is 6.81. The van der Waals surface area contributed by atoms with E-state index in [1.807, 2.05) is 13.0 Å². The second kappa shape index (κ2) is 4.12. The Morgan fingerprint density at radius 2 is 2.41 bits per heavy atom. The minimum Gasteiger partial charge on any atom is -0.391 e. The van der Waals surface area contributed by atoms with Crippen molar-refractivity contribution in [3.63, 3.8) is 0 Å². The van der Waals surface area contributed by atoms with Crippen LogP contribution in [0.4, 0.5) is 5.00 Å². The molecule has 0 saturated carbocycles. The monoisotopic (exact) mass is 251 g/mol. The summed E-state index contributed by atoms with van der Waals surface area (Å²) in [7, 11) is 0. The minimum absolute atomic E-state index is 0.00915. The fourth-order valence-corrected chi connectivity index (χ4v) is 2.82. The molecule has 0 radical (unpaired) electrons. The van der Waals surface area contributed by atoms with Gasteiger partial charge in [-0.3, -0.25) is 0 Å². The summed E-state index contributed by atoms with van der Waals surface area (Å²) in [5, 5.41) is 4.74. The van der Waals surface area contributed by atoms with Crippen molar-refractivity contribution in [2.24, 2.45) is 0 Å². The van der Waals surface area contributed by atoms with Gasteiger partial charge in [0.1, 0.15) is 6.10 Å². The summed E-state index contributed by atoms with van der Waals surface area (Å²) in [6, 6.07) is 1.91. The summed E-state index contributed by atoms with van der Waals surface area (Å²) in [4.78, 5) is 5.33. The van der Waals surface area contributed by atoms with Crippen LogP contribution in [0.2, 0.25) is 0 Å². The number of nitrogens with two attached hydrogens (primary N) is 1. The number of anilines is 1. The van der Waals surface area contributed by atoms with Crippen molar-refractivity contribution in [2.45, 2.75) is 25.9 Å². The maximum atomic E-state index is 5.75. The average molecular weight is 251 g/mol. The maximum Gasteiger partial charge on any atom is 0.268 e. The molecule has 3 heterocycles. The lowest BCUT2D eigenvalue weighted by atomic mass is 10.2. The summed E-state index contributed by atoms with van der Waals surface area (Å²) in [6.07, 6.45) is 2.01. The largest absolute Gasteiger partial charge is 0.391 e. The first-order chi connectivity index (χ1) is 8.24. The van der Waals surface area contributed by atoms with Gasteiger partial charge in [0.05, 0.1) is 9.88 Å². The van der Waals surface area contributed by atoms with E-state index in [0.717, 1.165) is 34.9 Å². The molecule has 17 heavy (non-hydrogen) atoms. The van der Waals surface area contributed by atoms with E-state index in [2.05, 4.69) is 10.1 Å². The molecule has 1 saturated heterocycles. The summed E-state index contributed by atoms with van der Waals surface area (Å²) in [6.45, 7) is 2.76. The van der Waals surface area contributed by atoms with Crippen molar-refractivity contribution in [1.29, 1.82) is 0 Å². The molecule has 1 atom stereocenters. The highest BCUT2D eigenvalue weighted by atomic mass is 32.1. The lowest BCUT2D eigenvalue weighted by molar-refractivity contribution is 0.103. The number of ether oxygens (including phenoxy) is 1. The molecule has 1 aliphatic rings. The molecule has 0 spiro atoms. The molecule has 1 aliphatic heterocycles. The van der Waals surface area contributed by atoms with Crippen molar-refractivity contribution in [3.8, 4) is 10.8 Å². The van der Waals surface area contributed by atoms with Gasteiger partial charge in [-0.05, 0) is 31.4 Å². The molecule has 2 aromatic rings. The number of rotatable bonds is 2. The first-order valence-electron chi connectivity index (χ1n) is 5.55. The Hall–Kier alpha value is -1.40.